The Balaban J connectivity index is 1.38. The highest BCUT2D eigenvalue weighted by Gasteiger charge is 2.33. The number of hydrogen-bond donors (Lipinski definition) is 1. The van der Waals surface area contributed by atoms with Crippen molar-refractivity contribution in [1.82, 2.24) is 25.5 Å². The maximum Gasteiger partial charge on any atom is 0.414 e. The minimum absolute atomic E-state index is 0.108. The number of nitrogens with one attached hydrogen (secondary N) is 1. The Morgan fingerprint density at radius 2 is 2.13 bits per heavy atom. The summed E-state index contributed by atoms with van der Waals surface area (Å²) < 4.78 is 21.9. The molecule has 3 heterocycles. The van der Waals surface area contributed by atoms with Crippen LogP contribution in [0.15, 0.2) is 24.5 Å². The molecule has 0 saturated carbocycles. The fourth-order valence-electron chi connectivity index (χ4n) is 3.82. The van der Waals surface area contributed by atoms with Crippen molar-refractivity contribution >= 4 is 23.4 Å². The molecule has 30 heavy (non-hydrogen) atoms. The lowest BCUT2D eigenvalue weighted by atomic mass is 10.0. The number of aromatic nitrogens is 4. The van der Waals surface area contributed by atoms with Gasteiger partial charge in [-0.3, -0.25) is 9.69 Å². The van der Waals surface area contributed by atoms with Gasteiger partial charge in [-0.05, 0) is 41.5 Å². The van der Waals surface area contributed by atoms with Crippen LogP contribution in [0.2, 0.25) is 0 Å². The van der Waals surface area contributed by atoms with Crippen molar-refractivity contribution in [2.45, 2.75) is 38.3 Å². The Morgan fingerprint density at radius 3 is 2.80 bits per heavy atom. The molecule has 2 aliphatic heterocycles. The molecule has 0 spiro atoms. The van der Waals surface area contributed by atoms with Crippen LogP contribution in [-0.2, 0) is 9.53 Å². The standard InChI is InChI=1S/C19H24FN7O3/c1-2-18(28)21-10-15-11-26(19(29)30-15)14-3-4-17(16(20)9-14)25-7-5-13(6-8-25)27-12-22-23-24-27/h3-4,9,12-13,15H,2,5-8,10-11H2,1H3,(H,21,28)/t15-/m0/s1. The van der Waals surface area contributed by atoms with Crippen LogP contribution in [0.3, 0.4) is 0 Å². The van der Waals surface area contributed by atoms with E-state index < -0.39 is 12.2 Å². The number of anilines is 2. The lowest BCUT2D eigenvalue weighted by molar-refractivity contribution is -0.121. The van der Waals surface area contributed by atoms with Crippen LogP contribution in [0, 0.1) is 5.82 Å². The summed E-state index contributed by atoms with van der Waals surface area (Å²) in [5.74, 6) is -0.493. The molecule has 2 fully saturated rings. The van der Waals surface area contributed by atoms with E-state index in [2.05, 4.69) is 20.8 Å². The van der Waals surface area contributed by atoms with Crippen LogP contribution in [-0.4, -0.2) is 64.5 Å². The number of halogens is 1. The van der Waals surface area contributed by atoms with Crippen molar-refractivity contribution in [2.75, 3.05) is 36.0 Å². The zero-order valence-electron chi connectivity index (χ0n) is 16.7. The van der Waals surface area contributed by atoms with Gasteiger partial charge in [0.15, 0.2) is 0 Å². The molecule has 4 rings (SSSR count). The predicted octanol–water partition coefficient (Wildman–Crippen LogP) is 1.51. The van der Waals surface area contributed by atoms with E-state index in [4.69, 9.17) is 4.74 Å². The number of cyclic esters (lactones) is 1. The van der Waals surface area contributed by atoms with Gasteiger partial charge in [-0.2, -0.15) is 0 Å². The minimum Gasteiger partial charge on any atom is -0.442 e. The van der Waals surface area contributed by atoms with Crippen LogP contribution < -0.4 is 15.1 Å². The molecular formula is C19H24FN7O3. The molecule has 1 atom stereocenters. The van der Waals surface area contributed by atoms with Crippen molar-refractivity contribution in [1.29, 1.82) is 0 Å². The summed E-state index contributed by atoms with van der Waals surface area (Å²) in [7, 11) is 0. The van der Waals surface area contributed by atoms with E-state index in [0.717, 1.165) is 12.8 Å². The zero-order chi connectivity index (χ0) is 21.1. The molecule has 1 aromatic heterocycles. The smallest absolute Gasteiger partial charge is 0.414 e. The summed E-state index contributed by atoms with van der Waals surface area (Å²) in [4.78, 5) is 27.0. The van der Waals surface area contributed by atoms with Crippen LogP contribution in [0.25, 0.3) is 0 Å². The Labute approximate surface area is 173 Å². The second kappa shape index (κ2) is 8.64. The summed E-state index contributed by atoms with van der Waals surface area (Å²) >= 11 is 0. The third-order valence-corrected chi connectivity index (χ3v) is 5.51. The summed E-state index contributed by atoms with van der Waals surface area (Å²) in [5.41, 5.74) is 0.947. The van der Waals surface area contributed by atoms with Crippen LogP contribution in [0.4, 0.5) is 20.6 Å². The number of piperidine rings is 1. The monoisotopic (exact) mass is 417 g/mol. The highest BCUT2D eigenvalue weighted by atomic mass is 19.1. The SMILES string of the molecule is CCC(=O)NC[C@H]1CN(c2ccc(N3CCC(n4cnnn4)CC3)c(F)c2)C(=O)O1. The number of carbonyl (C=O) groups excluding carboxylic acids is 2. The van der Waals surface area contributed by atoms with Gasteiger partial charge in [0.1, 0.15) is 18.2 Å². The van der Waals surface area contributed by atoms with Crippen molar-refractivity contribution in [3.63, 3.8) is 0 Å². The molecule has 11 heteroatoms. The molecule has 10 nitrogen and oxygen atoms in total. The number of rotatable bonds is 6. The number of ether oxygens (including phenoxy) is 1. The van der Waals surface area contributed by atoms with Crippen LogP contribution >= 0.6 is 0 Å². The molecule has 2 aliphatic rings. The van der Waals surface area contributed by atoms with Gasteiger partial charge >= 0.3 is 6.09 Å². The highest BCUT2D eigenvalue weighted by molar-refractivity contribution is 5.90. The summed E-state index contributed by atoms with van der Waals surface area (Å²) in [6.45, 7) is 3.63. The quantitative estimate of drug-likeness (QED) is 0.759. The Kier molecular flexibility index (Phi) is 5.77. The Hall–Kier alpha value is -3.24. The van der Waals surface area contributed by atoms with Gasteiger partial charge in [-0.25, -0.2) is 13.9 Å². The first-order valence-electron chi connectivity index (χ1n) is 10.1. The number of hydrogen-bond acceptors (Lipinski definition) is 7. The second-order valence-corrected chi connectivity index (χ2v) is 7.42. The van der Waals surface area contributed by atoms with Crippen molar-refractivity contribution in [2.24, 2.45) is 0 Å². The zero-order valence-corrected chi connectivity index (χ0v) is 16.7. The molecule has 1 aromatic carbocycles. The van der Waals surface area contributed by atoms with E-state index in [0.29, 0.717) is 30.9 Å². The molecule has 160 valence electrons. The fraction of sp³-hybridized carbons (Fsp3) is 0.526. The molecule has 1 N–H and O–H groups in total. The maximum absolute atomic E-state index is 14.9. The first-order chi connectivity index (χ1) is 14.5. The van der Waals surface area contributed by atoms with E-state index >= 15 is 0 Å². The van der Waals surface area contributed by atoms with Crippen molar-refractivity contribution in [3.05, 3.63) is 30.3 Å². The van der Waals surface area contributed by atoms with Crippen molar-refractivity contribution in [3.8, 4) is 0 Å². The number of carbonyl (C=O) groups is 2. The molecule has 0 bridgehead atoms. The maximum atomic E-state index is 14.9. The summed E-state index contributed by atoms with van der Waals surface area (Å²) in [5, 5.41) is 14.0. The number of amides is 2. The third kappa shape index (κ3) is 4.19. The number of benzene rings is 1. The van der Waals surface area contributed by atoms with Crippen molar-refractivity contribution < 1.29 is 18.7 Å². The number of nitrogens with zero attached hydrogens (tertiary/aromatic N) is 6. The van der Waals surface area contributed by atoms with Gasteiger partial charge in [-0.15, -0.1) is 5.10 Å². The van der Waals surface area contributed by atoms with E-state index in [-0.39, 0.29) is 30.9 Å². The Bertz CT molecular complexity index is 900. The molecule has 0 radical (unpaired) electrons. The molecule has 2 aromatic rings. The van der Waals surface area contributed by atoms with Crippen LogP contribution in [0.5, 0.6) is 0 Å². The third-order valence-electron chi connectivity index (χ3n) is 5.51. The molecular weight excluding hydrogens is 393 g/mol. The van der Waals surface area contributed by atoms with Gasteiger partial charge in [0.2, 0.25) is 5.91 Å². The minimum atomic E-state index is -0.542. The topological polar surface area (TPSA) is 105 Å². The van der Waals surface area contributed by atoms with E-state index in [9.17, 15) is 14.0 Å². The highest BCUT2D eigenvalue weighted by Crippen LogP contribution is 2.31. The largest absolute Gasteiger partial charge is 0.442 e. The number of tetrazole rings is 1. The molecule has 2 amide bonds. The van der Waals surface area contributed by atoms with E-state index in [1.165, 1.54) is 11.0 Å². The lowest BCUT2D eigenvalue weighted by Gasteiger charge is -2.33. The second-order valence-electron chi connectivity index (χ2n) is 7.42. The molecule has 2 saturated heterocycles. The average Bonchev–Trinajstić information content (AvgIpc) is 3.42. The summed E-state index contributed by atoms with van der Waals surface area (Å²) in [6.07, 6.45) is 2.60. The lowest BCUT2D eigenvalue weighted by Crippen LogP contribution is -2.35. The summed E-state index contributed by atoms with van der Waals surface area (Å²) in [6, 6.07) is 4.99. The Morgan fingerprint density at radius 1 is 1.33 bits per heavy atom. The first kappa shape index (κ1) is 20.0. The predicted molar refractivity (Wildman–Crippen MR) is 106 cm³/mol. The molecule has 0 unspecified atom stereocenters. The van der Waals surface area contributed by atoms with E-state index in [1.54, 1.807) is 30.1 Å². The average molecular weight is 417 g/mol. The van der Waals surface area contributed by atoms with Gasteiger partial charge < -0.3 is 15.0 Å². The van der Waals surface area contributed by atoms with Gasteiger partial charge in [0, 0.05) is 19.5 Å². The van der Waals surface area contributed by atoms with E-state index in [1.807, 2.05) is 4.90 Å². The fourth-order valence-corrected chi connectivity index (χ4v) is 3.82. The normalized spacial score (nSPS) is 19.8. The van der Waals surface area contributed by atoms with Gasteiger partial charge in [-0.1, -0.05) is 6.92 Å². The first-order valence-corrected chi connectivity index (χ1v) is 10.1. The van der Waals surface area contributed by atoms with Crippen LogP contribution in [0.1, 0.15) is 32.2 Å². The van der Waals surface area contributed by atoms with Gasteiger partial charge in [0.25, 0.3) is 0 Å². The van der Waals surface area contributed by atoms with Gasteiger partial charge in [0.05, 0.1) is 30.5 Å². The molecule has 0 aliphatic carbocycles.